The van der Waals surface area contributed by atoms with E-state index in [1.165, 1.54) is 18.0 Å². The molecule has 29 heavy (non-hydrogen) atoms. The first-order valence-corrected chi connectivity index (χ1v) is 9.02. The molecule has 0 aliphatic rings. The van der Waals surface area contributed by atoms with Crippen LogP contribution >= 0.6 is 0 Å². The minimum Gasteiger partial charge on any atom is -0.489 e. The van der Waals surface area contributed by atoms with Crippen LogP contribution in [0.5, 0.6) is 5.75 Å². The quantitative estimate of drug-likeness (QED) is 0.368. The van der Waals surface area contributed by atoms with Crippen LogP contribution < -0.4 is 15.5 Å². The number of aryl methyl sites for hydroxylation is 1. The van der Waals surface area contributed by atoms with Gasteiger partial charge in [0.1, 0.15) is 18.1 Å². The molecule has 2 aromatic carbocycles. The number of benzene rings is 2. The first-order chi connectivity index (χ1) is 14.1. The number of hydrogen-bond acceptors (Lipinski definition) is 5. The molecular weight excluding hydrogens is 370 g/mol. The van der Waals surface area contributed by atoms with Crippen molar-refractivity contribution in [3.05, 3.63) is 89.4 Å². The van der Waals surface area contributed by atoms with E-state index in [0.29, 0.717) is 12.4 Å². The van der Waals surface area contributed by atoms with Crippen molar-refractivity contribution in [3.8, 4) is 5.75 Å². The zero-order chi connectivity index (χ0) is 20.5. The number of carbonyl (C=O) groups is 2. The fourth-order valence-corrected chi connectivity index (χ4v) is 2.38. The van der Waals surface area contributed by atoms with E-state index in [1.54, 1.807) is 24.3 Å². The number of furan rings is 1. The number of carbonyl (C=O) groups excluding carboxylic acids is 2. The first kappa shape index (κ1) is 19.9. The Hall–Kier alpha value is -3.87. The van der Waals surface area contributed by atoms with Gasteiger partial charge in [-0.25, -0.2) is 5.43 Å². The summed E-state index contributed by atoms with van der Waals surface area (Å²) >= 11 is 0. The lowest BCUT2D eigenvalue weighted by molar-refractivity contribution is -0.139. The number of nitrogens with one attached hydrogen (secondary N) is 2. The zero-order valence-corrected chi connectivity index (χ0v) is 15.9. The molecule has 7 heteroatoms. The van der Waals surface area contributed by atoms with Crippen molar-refractivity contribution in [3.63, 3.8) is 0 Å². The van der Waals surface area contributed by atoms with Crippen molar-refractivity contribution in [1.82, 2.24) is 10.7 Å². The molecule has 2 amide bonds. The largest absolute Gasteiger partial charge is 0.489 e. The smallest absolute Gasteiger partial charge is 0.329 e. The van der Waals surface area contributed by atoms with Crippen LogP contribution in [0.1, 0.15) is 22.5 Å². The van der Waals surface area contributed by atoms with Gasteiger partial charge in [0.15, 0.2) is 0 Å². The third kappa shape index (κ3) is 6.35. The summed E-state index contributed by atoms with van der Waals surface area (Å²) < 4.78 is 10.8. The molecule has 3 rings (SSSR count). The van der Waals surface area contributed by atoms with Gasteiger partial charge in [-0.05, 0) is 54.4 Å². The average molecular weight is 391 g/mol. The summed E-state index contributed by atoms with van der Waals surface area (Å²) in [6, 6.07) is 18.8. The van der Waals surface area contributed by atoms with Gasteiger partial charge >= 0.3 is 11.8 Å². The van der Waals surface area contributed by atoms with E-state index in [4.69, 9.17) is 9.15 Å². The fraction of sp³-hybridized carbons (Fsp3) is 0.136. The molecule has 0 saturated carbocycles. The van der Waals surface area contributed by atoms with Crippen molar-refractivity contribution < 1.29 is 18.7 Å². The van der Waals surface area contributed by atoms with Crippen molar-refractivity contribution >= 4 is 18.0 Å². The molecule has 3 aromatic rings. The number of ether oxygens (including phenoxy) is 1. The zero-order valence-electron chi connectivity index (χ0n) is 15.9. The molecule has 7 nitrogen and oxygen atoms in total. The van der Waals surface area contributed by atoms with Gasteiger partial charge in [0.2, 0.25) is 0 Å². The fourth-order valence-electron chi connectivity index (χ4n) is 2.38. The Morgan fingerprint density at radius 3 is 2.48 bits per heavy atom. The van der Waals surface area contributed by atoms with E-state index < -0.39 is 11.8 Å². The summed E-state index contributed by atoms with van der Waals surface area (Å²) in [4.78, 5) is 23.4. The Bertz CT molecular complexity index is 962. The van der Waals surface area contributed by atoms with Gasteiger partial charge in [0, 0.05) is 0 Å². The number of rotatable bonds is 7. The molecule has 0 aliphatic carbocycles. The molecule has 0 aliphatic heterocycles. The lowest BCUT2D eigenvalue weighted by Gasteiger charge is -2.07. The normalized spacial score (nSPS) is 10.7. The maximum Gasteiger partial charge on any atom is 0.329 e. The second-order valence-electron chi connectivity index (χ2n) is 6.30. The molecule has 0 saturated heterocycles. The summed E-state index contributed by atoms with van der Waals surface area (Å²) in [5.74, 6) is -0.368. The summed E-state index contributed by atoms with van der Waals surface area (Å²) in [5, 5.41) is 6.23. The van der Waals surface area contributed by atoms with Crippen LogP contribution in [0.4, 0.5) is 0 Å². The van der Waals surface area contributed by atoms with E-state index in [2.05, 4.69) is 15.8 Å². The highest BCUT2D eigenvalue weighted by Gasteiger charge is 2.12. The SMILES string of the molecule is Cc1ccc(COc2ccc(/C=N/NC(=O)C(=O)NCc3ccco3)cc2)cc1. The van der Waals surface area contributed by atoms with Crippen LogP contribution in [-0.4, -0.2) is 18.0 Å². The molecule has 0 spiro atoms. The van der Waals surface area contributed by atoms with E-state index in [1.807, 2.05) is 43.3 Å². The van der Waals surface area contributed by atoms with Crippen LogP contribution in [0, 0.1) is 6.92 Å². The van der Waals surface area contributed by atoms with Crippen molar-refractivity contribution in [2.75, 3.05) is 0 Å². The first-order valence-electron chi connectivity index (χ1n) is 9.02. The molecule has 2 N–H and O–H groups in total. The van der Waals surface area contributed by atoms with Gasteiger partial charge in [0.05, 0.1) is 19.0 Å². The summed E-state index contributed by atoms with van der Waals surface area (Å²) in [7, 11) is 0. The summed E-state index contributed by atoms with van der Waals surface area (Å²) in [5.41, 5.74) is 5.24. The number of nitrogens with zero attached hydrogens (tertiary/aromatic N) is 1. The number of hydrazone groups is 1. The monoisotopic (exact) mass is 391 g/mol. The van der Waals surface area contributed by atoms with Gasteiger partial charge in [-0.1, -0.05) is 29.8 Å². The molecule has 0 atom stereocenters. The van der Waals surface area contributed by atoms with Crippen LogP contribution in [0.25, 0.3) is 0 Å². The molecule has 0 fully saturated rings. The molecule has 148 valence electrons. The average Bonchev–Trinajstić information content (AvgIpc) is 3.26. The third-order valence-electron chi connectivity index (χ3n) is 4.00. The molecule has 0 bridgehead atoms. The summed E-state index contributed by atoms with van der Waals surface area (Å²) in [6.45, 7) is 2.66. The second-order valence-corrected chi connectivity index (χ2v) is 6.30. The maximum atomic E-state index is 11.7. The Morgan fingerprint density at radius 1 is 1.03 bits per heavy atom. The van der Waals surface area contributed by atoms with Crippen LogP contribution in [0.15, 0.2) is 76.4 Å². The van der Waals surface area contributed by atoms with Gasteiger partial charge in [0.25, 0.3) is 0 Å². The highest BCUT2D eigenvalue weighted by molar-refractivity contribution is 6.35. The molecular formula is C22H21N3O4. The maximum absolute atomic E-state index is 11.7. The van der Waals surface area contributed by atoms with Gasteiger partial charge < -0.3 is 14.5 Å². The highest BCUT2D eigenvalue weighted by atomic mass is 16.5. The number of hydrogen-bond donors (Lipinski definition) is 2. The third-order valence-corrected chi connectivity index (χ3v) is 4.00. The Morgan fingerprint density at radius 2 is 1.79 bits per heavy atom. The molecule has 1 heterocycles. The van der Waals surface area contributed by atoms with Crippen molar-refractivity contribution in [2.24, 2.45) is 5.10 Å². The lowest BCUT2D eigenvalue weighted by atomic mass is 10.2. The predicted molar refractivity (Wildman–Crippen MR) is 108 cm³/mol. The van der Waals surface area contributed by atoms with E-state index in [0.717, 1.165) is 16.9 Å². The minimum absolute atomic E-state index is 0.132. The van der Waals surface area contributed by atoms with E-state index in [9.17, 15) is 9.59 Å². The van der Waals surface area contributed by atoms with Crippen LogP contribution in [0.2, 0.25) is 0 Å². The number of amides is 2. The topological polar surface area (TPSA) is 92.9 Å². The van der Waals surface area contributed by atoms with Gasteiger partial charge in [-0.2, -0.15) is 5.10 Å². The van der Waals surface area contributed by atoms with Crippen molar-refractivity contribution in [1.29, 1.82) is 0 Å². The van der Waals surface area contributed by atoms with E-state index in [-0.39, 0.29) is 6.54 Å². The van der Waals surface area contributed by atoms with Crippen LogP contribution in [0.3, 0.4) is 0 Å². The second kappa shape index (κ2) is 9.89. The molecule has 1 aromatic heterocycles. The standard InChI is InChI=1S/C22H21N3O4/c1-16-4-6-18(7-5-16)15-29-19-10-8-17(9-11-19)13-24-25-22(27)21(26)23-14-20-3-2-12-28-20/h2-13H,14-15H2,1H3,(H,23,26)(H,25,27)/b24-13+. The van der Waals surface area contributed by atoms with Gasteiger partial charge in [-0.3, -0.25) is 9.59 Å². The van der Waals surface area contributed by atoms with Crippen LogP contribution in [-0.2, 0) is 22.7 Å². The molecule has 0 unspecified atom stereocenters. The van der Waals surface area contributed by atoms with Crippen molar-refractivity contribution in [2.45, 2.75) is 20.1 Å². The van der Waals surface area contributed by atoms with E-state index >= 15 is 0 Å². The Kier molecular flexibility index (Phi) is 6.78. The van der Waals surface area contributed by atoms with Gasteiger partial charge in [-0.15, -0.1) is 0 Å². The Balaban J connectivity index is 1.42. The minimum atomic E-state index is -0.856. The Labute approximate surface area is 168 Å². The highest BCUT2D eigenvalue weighted by Crippen LogP contribution is 2.14. The predicted octanol–water partition coefficient (Wildman–Crippen LogP) is 2.93. The summed E-state index contributed by atoms with van der Waals surface area (Å²) in [6.07, 6.45) is 2.94. The molecule has 0 radical (unpaired) electrons. The lowest BCUT2D eigenvalue weighted by Crippen LogP contribution is -2.37.